The van der Waals surface area contributed by atoms with Crippen LogP contribution in [0.5, 0.6) is 0 Å². The van der Waals surface area contributed by atoms with E-state index in [0.717, 1.165) is 31.6 Å². The van der Waals surface area contributed by atoms with Crippen molar-refractivity contribution in [2.45, 2.75) is 46.1 Å². The number of imidazole rings is 1. The molecule has 0 aliphatic rings. The van der Waals surface area contributed by atoms with E-state index >= 15 is 0 Å². The summed E-state index contributed by atoms with van der Waals surface area (Å²) in [6.45, 7) is 5.37. The molecule has 1 rings (SSSR count). The molecule has 1 heterocycles. The Labute approximate surface area is 96.6 Å². The molecule has 0 fully saturated rings. The van der Waals surface area contributed by atoms with Crippen molar-refractivity contribution in [1.82, 2.24) is 9.55 Å². The number of aryl methyl sites for hydroxylation is 2. The molecule has 0 unspecified atom stereocenters. The summed E-state index contributed by atoms with van der Waals surface area (Å²) >= 11 is 0. The molecule has 1 aromatic rings. The number of ether oxygens (including phenoxy) is 1. The number of unbranched alkanes of at least 4 members (excludes halogenated alkanes) is 1. The maximum absolute atomic E-state index is 11.2. The number of hydrogen-bond donors (Lipinski definition) is 0. The Morgan fingerprint density at radius 2 is 2.38 bits per heavy atom. The van der Waals surface area contributed by atoms with E-state index < -0.39 is 0 Å². The van der Waals surface area contributed by atoms with Crippen LogP contribution in [-0.2, 0) is 16.1 Å². The predicted octanol–water partition coefficient (Wildman–Crippen LogP) is 2.12. The van der Waals surface area contributed by atoms with Gasteiger partial charge >= 0.3 is 5.97 Å². The lowest BCUT2D eigenvalue weighted by atomic mass is 10.2. The van der Waals surface area contributed by atoms with E-state index in [-0.39, 0.29) is 5.97 Å². The summed E-state index contributed by atoms with van der Waals surface area (Å²) in [6, 6.07) is 0. The predicted molar refractivity (Wildman–Crippen MR) is 60.9 cm³/mol. The molecule has 0 spiro atoms. The molecule has 0 amide bonds. The molecule has 0 aromatic carbocycles. The van der Waals surface area contributed by atoms with Crippen LogP contribution in [0, 0.1) is 13.1 Å². The van der Waals surface area contributed by atoms with Crippen LogP contribution in [0.2, 0.25) is 0 Å². The molecule has 0 saturated carbocycles. The van der Waals surface area contributed by atoms with Gasteiger partial charge in [-0.25, -0.2) is 4.98 Å². The van der Waals surface area contributed by atoms with Gasteiger partial charge in [-0.1, -0.05) is 6.92 Å². The van der Waals surface area contributed by atoms with E-state index in [9.17, 15) is 4.79 Å². The van der Waals surface area contributed by atoms with Crippen molar-refractivity contribution in [3.05, 3.63) is 18.2 Å². The van der Waals surface area contributed by atoms with Crippen LogP contribution < -0.4 is 0 Å². The second kappa shape index (κ2) is 7.04. The van der Waals surface area contributed by atoms with Gasteiger partial charge in [0.1, 0.15) is 12.0 Å². The molecule has 1 radical (unpaired) electrons. The Bertz CT molecular complexity index is 321. The van der Waals surface area contributed by atoms with E-state index in [0.29, 0.717) is 13.0 Å². The molecule has 0 atom stereocenters. The Balaban J connectivity index is 2.08. The third-order valence-electron chi connectivity index (χ3n) is 2.35. The molecule has 0 N–H and O–H groups in total. The normalized spacial score (nSPS) is 10.4. The molecule has 4 heteroatoms. The minimum atomic E-state index is -0.0873. The fourth-order valence-corrected chi connectivity index (χ4v) is 1.42. The van der Waals surface area contributed by atoms with Crippen molar-refractivity contribution in [2.75, 3.05) is 6.61 Å². The van der Waals surface area contributed by atoms with E-state index in [1.165, 1.54) is 0 Å². The van der Waals surface area contributed by atoms with Gasteiger partial charge in [0.15, 0.2) is 0 Å². The molecule has 0 bridgehead atoms. The number of hydrogen-bond acceptors (Lipinski definition) is 3. The monoisotopic (exact) mass is 223 g/mol. The lowest BCUT2D eigenvalue weighted by Gasteiger charge is -2.05. The summed E-state index contributed by atoms with van der Waals surface area (Å²) in [5.41, 5.74) is 0. The number of esters is 1. The van der Waals surface area contributed by atoms with Gasteiger partial charge in [0.2, 0.25) is 0 Å². The minimum absolute atomic E-state index is 0.0873. The second-order valence-corrected chi connectivity index (χ2v) is 3.79. The average molecular weight is 223 g/mol. The SMILES string of the molecule is CCCOC(=O)CCCCn1c[c]nc1C. The quantitative estimate of drug-likeness (QED) is 0.525. The fourth-order valence-electron chi connectivity index (χ4n) is 1.42. The Kier molecular flexibility index (Phi) is 5.61. The highest BCUT2D eigenvalue weighted by Gasteiger charge is 2.02. The first-order valence-corrected chi connectivity index (χ1v) is 5.79. The Morgan fingerprint density at radius 1 is 1.56 bits per heavy atom. The van der Waals surface area contributed by atoms with E-state index in [2.05, 4.69) is 11.2 Å². The van der Waals surface area contributed by atoms with Gasteiger partial charge in [0.05, 0.1) is 6.61 Å². The van der Waals surface area contributed by atoms with Crippen LogP contribution in [0.15, 0.2) is 6.20 Å². The maximum atomic E-state index is 11.2. The van der Waals surface area contributed by atoms with Crippen molar-refractivity contribution >= 4 is 5.97 Å². The van der Waals surface area contributed by atoms with Crippen LogP contribution in [0.1, 0.15) is 38.4 Å². The number of nitrogens with zero attached hydrogens (tertiary/aromatic N) is 2. The van der Waals surface area contributed by atoms with Crippen molar-refractivity contribution in [2.24, 2.45) is 0 Å². The maximum Gasteiger partial charge on any atom is 0.305 e. The molecular formula is C12H19N2O2. The number of carbonyl (C=O) groups is 1. The fraction of sp³-hybridized carbons (Fsp3) is 0.667. The summed E-state index contributed by atoms with van der Waals surface area (Å²) in [5.74, 6) is 0.879. The van der Waals surface area contributed by atoms with Gasteiger partial charge in [-0.3, -0.25) is 4.79 Å². The van der Waals surface area contributed by atoms with Crippen LogP contribution in [-0.4, -0.2) is 22.1 Å². The minimum Gasteiger partial charge on any atom is -0.466 e. The van der Waals surface area contributed by atoms with Gasteiger partial charge in [-0.2, -0.15) is 0 Å². The summed E-state index contributed by atoms with van der Waals surface area (Å²) < 4.78 is 7.03. The van der Waals surface area contributed by atoms with Gasteiger partial charge in [0.25, 0.3) is 0 Å². The smallest absolute Gasteiger partial charge is 0.305 e. The zero-order chi connectivity index (χ0) is 11.8. The van der Waals surface area contributed by atoms with Crippen molar-refractivity contribution in [3.63, 3.8) is 0 Å². The van der Waals surface area contributed by atoms with E-state index in [4.69, 9.17) is 4.74 Å². The third-order valence-corrected chi connectivity index (χ3v) is 2.35. The van der Waals surface area contributed by atoms with Gasteiger partial charge in [0, 0.05) is 19.2 Å². The Morgan fingerprint density at radius 3 is 3.00 bits per heavy atom. The largest absolute Gasteiger partial charge is 0.466 e. The first-order valence-electron chi connectivity index (χ1n) is 5.79. The van der Waals surface area contributed by atoms with Crippen molar-refractivity contribution < 1.29 is 9.53 Å². The standard InChI is InChI=1S/C12H19N2O2/c1-3-10-16-12(15)6-4-5-8-14-9-7-13-11(14)2/h9H,3-6,8,10H2,1-2H3. The molecule has 16 heavy (non-hydrogen) atoms. The lowest BCUT2D eigenvalue weighted by Crippen LogP contribution is -2.06. The number of rotatable bonds is 7. The van der Waals surface area contributed by atoms with Crippen molar-refractivity contribution in [3.8, 4) is 0 Å². The number of carbonyl (C=O) groups excluding carboxylic acids is 1. The summed E-state index contributed by atoms with van der Waals surface area (Å²) in [4.78, 5) is 15.2. The highest BCUT2D eigenvalue weighted by atomic mass is 16.5. The topological polar surface area (TPSA) is 44.1 Å². The Hall–Kier alpha value is -1.32. The zero-order valence-corrected chi connectivity index (χ0v) is 10.0. The zero-order valence-electron chi connectivity index (χ0n) is 10.0. The summed E-state index contributed by atoms with van der Waals surface area (Å²) in [6.07, 6.45) is 7.86. The summed E-state index contributed by atoms with van der Waals surface area (Å²) in [5, 5.41) is 0. The van der Waals surface area contributed by atoms with E-state index in [1.54, 1.807) is 0 Å². The van der Waals surface area contributed by atoms with E-state index in [1.807, 2.05) is 24.6 Å². The lowest BCUT2D eigenvalue weighted by molar-refractivity contribution is -0.143. The van der Waals surface area contributed by atoms with Crippen LogP contribution in [0.4, 0.5) is 0 Å². The molecule has 1 aromatic heterocycles. The van der Waals surface area contributed by atoms with Gasteiger partial charge in [-0.05, 0) is 26.2 Å². The molecular weight excluding hydrogens is 204 g/mol. The van der Waals surface area contributed by atoms with Crippen molar-refractivity contribution in [1.29, 1.82) is 0 Å². The first-order chi connectivity index (χ1) is 7.74. The van der Waals surface area contributed by atoms with Crippen LogP contribution in [0.25, 0.3) is 0 Å². The molecule has 0 aliphatic heterocycles. The average Bonchev–Trinajstić information content (AvgIpc) is 2.67. The number of aromatic nitrogens is 2. The second-order valence-electron chi connectivity index (χ2n) is 3.79. The highest BCUT2D eigenvalue weighted by Crippen LogP contribution is 2.03. The molecule has 0 aliphatic carbocycles. The third kappa shape index (κ3) is 4.47. The molecule has 0 saturated heterocycles. The highest BCUT2D eigenvalue weighted by molar-refractivity contribution is 5.69. The van der Waals surface area contributed by atoms with Gasteiger partial charge in [-0.15, -0.1) is 0 Å². The molecule has 89 valence electrons. The van der Waals surface area contributed by atoms with Crippen LogP contribution in [0.3, 0.4) is 0 Å². The summed E-state index contributed by atoms with van der Waals surface area (Å²) in [7, 11) is 0. The first kappa shape index (κ1) is 12.7. The van der Waals surface area contributed by atoms with Gasteiger partial charge < -0.3 is 9.30 Å². The molecule has 4 nitrogen and oxygen atoms in total. The van der Waals surface area contributed by atoms with Crippen LogP contribution >= 0.6 is 0 Å².